The lowest BCUT2D eigenvalue weighted by Crippen LogP contribution is -2.32. The van der Waals surface area contributed by atoms with Crippen molar-refractivity contribution < 1.29 is 23.8 Å². The summed E-state index contributed by atoms with van der Waals surface area (Å²) in [7, 11) is 5.40. The molecule has 1 aliphatic heterocycles. The van der Waals surface area contributed by atoms with Gasteiger partial charge in [-0.3, -0.25) is 9.59 Å². The number of carbonyl (C=O) groups excluding carboxylic acids is 2. The SMILES string of the molecule is COc1ccc(C(O)=C2C(=O)C(=O)N(CCCN(C)C)[C@@H]2c2ccc(F)cc2)c(C)c1. The molecule has 0 bridgehead atoms. The molecule has 2 aromatic rings. The van der Waals surface area contributed by atoms with Gasteiger partial charge in [0, 0.05) is 12.1 Å². The van der Waals surface area contributed by atoms with Gasteiger partial charge >= 0.3 is 0 Å². The molecule has 0 aliphatic carbocycles. The molecule has 1 N–H and O–H groups in total. The summed E-state index contributed by atoms with van der Waals surface area (Å²) < 4.78 is 18.7. The molecule has 0 aromatic heterocycles. The van der Waals surface area contributed by atoms with Crippen LogP contribution in [0.15, 0.2) is 48.0 Å². The van der Waals surface area contributed by atoms with Gasteiger partial charge in [0.05, 0.1) is 18.7 Å². The quantitative estimate of drug-likeness (QED) is 0.417. The number of aryl methyl sites for hydroxylation is 1. The first kappa shape index (κ1) is 22.5. The minimum absolute atomic E-state index is 0.00901. The largest absolute Gasteiger partial charge is 0.507 e. The van der Waals surface area contributed by atoms with Crippen molar-refractivity contribution >= 4 is 17.4 Å². The molecule has 0 spiro atoms. The number of aliphatic hydroxyl groups excluding tert-OH is 1. The van der Waals surface area contributed by atoms with Gasteiger partial charge in [0.1, 0.15) is 17.3 Å². The molecule has 3 rings (SSSR count). The standard InChI is InChI=1S/C24H27FN2O4/c1-15-14-18(31-4)10-11-19(15)22(28)20-21(16-6-8-17(25)9-7-16)27(24(30)23(20)29)13-5-12-26(2)3/h6-11,14,21,28H,5,12-13H2,1-4H3/t21-/m1/s1. The number of amides is 1. The summed E-state index contributed by atoms with van der Waals surface area (Å²) in [5, 5.41) is 11.1. The summed E-state index contributed by atoms with van der Waals surface area (Å²) in [5.41, 5.74) is 1.72. The summed E-state index contributed by atoms with van der Waals surface area (Å²) in [6, 6.07) is 9.95. The topological polar surface area (TPSA) is 70.1 Å². The highest BCUT2D eigenvalue weighted by Crippen LogP contribution is 2.40. The molecule has 164 valence electrons. The van der Waals surface area contributed by atoms with Gasteiger partial charge in [-0.15, -0.1) is 0 Å². The van der Waals surface area contributed by atoms with Gasteiger partial charge in [-0.05, 0) is 75.4 Å². The summed E-state index contributed by atoms with van der Waals surface area (Å²) in [6.07, 6.45) is 0.652. The number of ether oxygens (including phenoxy) is 1. The number of aliphatic hydroxyl groups is 1. The van der Waals surface area contributed by atoms with Crippen LogP contribution >= 0.6 is 0 Å². The number of Topliss-reactive ketones (excluding diaryl/α,β-unsaturated/α-hetero) is 1. The molecule has 0 unspecified atom stereocenters. The second-order valence-electron chi connectivity index (χ2n) is 7.88. The molecule has 0 radical (unpaired) electrons. The molecule has 31 heavy (non-hydrogen) atoms. The second kappa shape index (κ2) is 9.31. The van der Waals surface area contributed by atoms with E-state index in [4.69, 9.17) is 4.74 Å². The average molecular weight is 426 g/mol. The predicted octanol–water partition coefficient (Wildman–Crippen LogP) is 3.52. The van der Waals surface area contributed by atoms with Crippen LogP contribution in [0.1, 0.15) is 29.2 Å². The van der Waals surface area contributed by atoms with Gasteiger partial charge in [0.2, 0.25) is 0 Å². The van der Waals surface area contributed by atoms with Gasteiger partial charge in [0.25, 0.3) is 11.7 Å². The lowest BCUT2D eigenvalue weighted by molar-refractivity contribution is -0.139. The van der Waals surface area contributed by atoms with Gasteiger partial charge in [-0.1, -0.05) is 12.1 Å². The Morgan fingerprint density at radius 2 is 1.84 bits per heavy atom. The van der Waals surface area contributed by atoms with E-state index in [1.807, 2.05) is 19.0 Å². The Labute approximate surface area is 181 Å². The van der Waals surface area contributed by atoms with Crippen molar-refractivity contribution in [3.05, 3.63) is 70.5 Å². The van der Waals surface area contributed by atoms with Crippen molar-refractivity contribution in [2.75, 3.05) is 34.3 Å². The smallest absolute Gasteiger partial charge is 0.295 e. The molecule has 1 saturated heterocycles. The number of ketones is 1. The van der Waals surface area contributed by atoms with Crippen LogP contribution in [0.4, 0.5) is 4.39 Å². The Balaban J connectivity index is 2.11. The predicted molar refractivity (Wildman–Crippen MR) is 116 cm³/mol. The van der Waals surface area contributed by atoms with E-state index in [0.717, 1.165) is 6.54 Å². The van der Waals surface area contributed by atoms with Crippen molar-refractivity contribution in [1.29, 1.82) is 0 Å². The normalized spacial score (nSPS) is 18.1. The Hall–Kier alpha value is -3.19. The van der Waals surface area contributed by atoms with Gasteiger partial charge in [-0.25, -0.2) is 4.39 Å². The van der Waals surface area contributed by atoms with Gasteiger partial charge in [-0.2, -0.15) is 0 Å². The van der Waals surface area contributed by atoms with Crippen LogP contribution in [0.5, 0.6) is 5.75 Å². The number of methoxy groups -OCH3 is 1. The molecule has 1 heterocycles. The molecular weight excluding hydrogens is 399 g/mol. The first-order valence-corrected chi connectivity index (χ1v) is 10.1. The van der Waals surface area contributed by atoms with Crippen LogP contribution < -0.4 is 4.74 Å². The van der Waals surface area contributed by atoms with Crippen molar-refractivity contribution in [3.63, 3.8) is 0 Å². The third-order valence-electron chi connectivity index (χ3n) is 5.42. The molecule has 1 aliphatic rings. The number of likely N-dealkylation sites (tertiary alicyclic amines) is 1. The van der Waals surface area contributed by atoms with E-state index in [1.165, 1.54) is 17.0 Å². The highest BCUT2D eigenvalue weighted by atomic mass is 19.1. The maximum atomic E-state index is 13.5. The molecular formula is C24H27FN2O4. The highest BCUT2D eigenvalue weighted by Gasteiger charge is 2.45. The van der Waals surface area contributed by atoms with E-state index in [2.05, 4.69) is 0 Å². The zero-order valence-electron chi connectivity index (χ0n) is 18.2. The Morgan fingerprint density at radius 3 is 2.42 bits per heavy atom. The van der Waals surface area contributed by atoms with E-state index in [0.29, 0.717) is 35.4 Å². The molecule has 7 heteroatoms. The fourth-order valence-electron chi connectivity index (χ4n) is 3.83. The number of nitrogens with zero attached hydrogens (tertiary/aromatic N) is 2. The first-order chi connectivity index (χ1) is 14.7. The fraction of sp³-hybridized carbons (Fsp3) is 0.333. The molecule has 6 nitrogen and oxygen atoms in total. The number of hydrogen-bond donors (Lipinski definition) is 1. The molecule has 2 aromatic carbocycles. The summed E-state index contributed by atoms with van der Waals surface area (Å²) in [6.45, 7) is 2.86. The summed E-state index contributed by atoms with van der Waals surface area (Å²) in [5.74, 6) is -1.46. The van der Waals surface area contributed by atoms with E-state index in [9.17, 15) is 19.1 Å². The van der Waals surface area contributed by atoms with Crippen LogP contribution in [0, 0.1) is 12.7 Å². The van der Waals surface area contributed by atoms with Crippen molar-refractivity contribution in [2.24, 2.45) is 0 Å². The third-order valence-corrected chi connectivity index (χ3v) is 5.42. The monoisotopic (exact) mass is 426 g/mol. The summed E-state index contributed by atoms with van der Waals surface area (Å²) in [4.78, 5) is 29.3. The number of hydrogen-bond acceptors (Lipinski definition) is 5. The van der Waals surface area contributed by atoms with E-state index < -0.39 is 23.5 Å². The van der Waals surface area contributed by atoms with E-state index in [-0.39, 0.29) is 11.3 Å². The van der Waals surface area contributed by atoms with E-state index >= 15 is 0 Å². The number of carbonyl (C=O) groups is 2. The van der Waals surface area contributed by atoms with Crippen LogP contribution in [0.25, 0.3) is 5.76 Å². The highest BCUT2D eigenvalue weighted by molar-refractivity contribution is 6.46. The molecule has 1 fully saturated rings. The van der Waals surface area contributed by atoms with E-state index in [1.54, 1.807) is 44.4 Å². The molecule has 0 saturated carbocycles. The minimum atomic E-state index is -0.788. The first-order valence-electron chi connectivity index (χ1n) is 10.1. The lowest BCUT2D eigenvalue weighted by Gasteiger charge is -2.26. The number of benzene rings is 2. The Kier molecular flexibility index (Phi) is 6.75. The minimum Gasteiger partial charge on any atom is -0.507 e. The molecule has 1 amide bonds. The number of rotatable bonds is 7. The van der Waals surface area contributed by atoms with Crippen molar-refractivity contribution in [2.45, 2.75) is 19.4 Å². The Bertz CT molecular complexity index is 1010. The van der Waals surface area contributed by atoms with Crippen LogP contribution in [0.2, 0.25) is 0 Å². The van der Waals surface area contributed by atoms with Crippen LogP contribution in [0.3, 0.4) is 0 Å². The lowest BCUT2D eigenvalue weighted by atomic mass is 9.94. The zero-order valence-corrected chi connectivity index (χ0v) is 18.2. The average Bonchev–Trinajstić information content (AvgIpc) is 2.98. The molecule has 1 atom stereocenters. The maximum Gasteiger partial charge on any atom is 0.295 e. The third kappa shape index (κ3) is 4.61. The zero-order chi connectivity index (χ0) is 22.7. The van der Waals surface area contributed by atoms with Crippen molar-refractivity contribution in [1.82, 2.24) is 9.80 Å². The van der Waals surface area contributed by atoms with Crippen LogP contribution in [-0.2, 0) is 9.59 Å². The van der Waals surface area contributed by atoms with Gasteiger partial charge < -0.3 is 19.6 Å². The van der Waals surface area contributed by atoms with Gasteiger partial charge in [0.15, 0.2) is 0 Å². The summed E-state index contributed by atoms with van der Waals surface area (Å²) >= 11 is 0. The Morgan fingerprint density at radius 1 is 1.16 bits per heavy atom. The van der Waals surface area contributed by atoms with Crippen molar-refractivity contribution in [3.8, 4) is 5.75 Å². The maximum absolute atomic E-state index is 13.5. The van der Waals surface area contributed by atoms with Crippen LogP contribution in [-0.4, -0.2) is 60.9 Å². The fourth-order valence-corrected chi connectivity index (χ4v) is 3.83. The number of halogens is 1. The second-order valence-corrected chi connectivity index (χ2v) is 7.88.